The first-order valence-electron chi connectivity index (χ1n) is 5.78. The van der Waals surface area contributed by atoms with Gasteiger partial charge < -0.3 is 10.4 Å². The molecule has 0 aromatic heterocycles. The zero-order chi connectivity index (χ0) is 12.3. The third kappa shape index (κ3) is 3.06. The zero-order valence-electron chi connectivity index (χ0n) is 9.53. The maximum atomic E-state index is 11.3. The van der Waals surface area contributed by atoms with Gasteiger partial charge in [0, 0.05) is 18.5 Å². The SMILES string of the molecule is O=C(O)CCCc1ccc2c(c1)NC(=O)CC2. The Kier molecular flexibility index (Phi) is 3.42. The average Bonchev–Trinajstić information content (AvgIpc) is 2.28. The molecule has 0 fully saturated rings. The number of rotatable bonds is 4. The Bertz CT molecular complexity index is 454. The van der Waals surface area contributed by atoms with Gasteiger partial charge in [-0.25, -0.2) is 0 Å². The molecule has 90 valence electrons. The van der Waals surface area contributed by atoms with Gasteiger partial charge in [0.1, 0.15) is 0 Å². The molecule has 4 heteroatoms. The molecule has 17 heavy (non-hydrogen) atoms. The molecule has 0 saturated carbocycles. The second-order valence-corrected chi connectivity index (χ2v) is 4.29. The van der Waals surface area contributed by atoms with E-state index in [2.05, 4.69) is 5.32 Å². The van der Waals surface area contributed by atoms with Crippen LogP contribution in [0.25, 0.3) is 0 Å². The summed E-state index contributed by atoms with van der Waals surface area (Å²) in [7, 11) is 0. The van der Waals surface area contributed by atoms with Crippen molar-refractivity contribution in [2.24, 2.45) is 0 Å². The van der Waals surface area contributed by atoms with Crippen LogP contribution >= 0.6 is 0 Å². The third-order valence-corrected chi connectivity index (χ3v) is 2.93. The molecule has 2 rings (SSSR count). The van der Waals surface area contributed by atoms with Gasteiger partial charge in [-0.1, -0.05) is 12.1 Å². The lowest BCUT2D eigenvalue weighted by molar-refractivity contribution is -0.137. The minimum atomic E-state index is -0.767. The van der Waals surface area contributed by atoms with E-state index in [0.29, 0.717) is 12.8 Å². The van der Waals surface area contributed by atoms with Gasteiger partial charge in [-0.2, -0.15) is 0 Å². The van der Waals surface area contributed by atoms with E-state index in [1.807, 2.05) is 18.2 Å². The quantitative estimate of drug-likeness (QED) is 0.835. The Hall–Kier alpha value is -1.84. The fourth-order valence-electron chi connectivity index (χ4n) is 2.02. The Morgan fingerprint density at radius 3 is 2.94 bits per heavy atom. The van der Waals surface area contributed by atoms with Crippen LogP contribution in [0, 0.1) is 0 Å². The first-order valence-corrected chi connectivity index (χ1v) is 5.78. The molecular weight excluding hydrogens is 218 g/mol. The normalized spacial score (nSPS) is 14.0. The van der Waals surface area contributed by atoms with Gasteiger partial charge in [0.15, 0.2) is 0 Å². The Labute approximate surface area is 99.6 Å². The summed E-state index contributed by atoms with van der Waals surface area (Å²) < 4.78 is 0. The van der Waals surface area contributed by atoms with Gasteiger partial charge in [0.05, 0.1) is 0 Å². The molecule has 0 saturated heterocycles. The molecule has 4 nitrogen and oxygen atoms in total. The standard InChI is InChI=1S/C13H15NO3/c15-12-7-6-10-5-4-9(8-11(10)14-12)2-1-3-13(16)17/h4-5,8H,1-3,6-7H2,(H,14,15)(H,16,17). The number of hydrogen-bond acceptors (Lipinski definition) is 2. The number of fused-ring (bicyclic) bond motifs is 1. The lowest BCUT2D eigenvalue weighted by Gasteiger charge is -2.17. The van der Waals surface area contributed by atoms with Gasteiger partial charge in [0.2, 0.25) is 5.91 Å². The summed E-state index contributed by atoms with van der Waals surface area (Å²) in [4.78, 5) is 21.7. The minimum absolute atomic E-state index is 0.0557. The number of aliphatic carboxylic acids is 1. The number of anilines is 1. The summed E-state index contributed by atoms with van der Waals surface area (Å²) in [6.45, 7) is 0. The van der Waals surface area contributed by atoms with Crippen LogP contribution in [0.3, 0.4) is 0 Å². The molecule has 1 aromatic carbocycles. The highest BCUT2D eigenvalue weighted by atomic mass is 16.4. The molecule has 0 bridgehead atoms. The van der Waals surface area contributed by atoms with Crippen LogP contribution in [0.4, 0.5) is 5.69 Å². The number of benzene rings is 1. The van der Waals surface area contributed by atoms with Crippen LogP contribution < -0.4 is 5.32 Å². The second kappa shape index (κ2) is 4.99. The maximum absolute atomic E-state index is 11.3. The van der Waals surface area contributed by atoms with E-state index in [9.17, 15) is 9.59 Å². The number of carbonyl (C=O) groups excluding carboxylic acids is 1. The van der Waals surface area contributed by atoms with E-state index < -0.39 is 5.97 Å². The van der Waals surface area contributed by atoms with Crippen molar-refractivity contribution in [1.82, 2.24) is 0 Å². The van der Waals surface area contributed by atoms with Crippen molar-refractivity contribution in [3.63, 3.8) is 0 Å². The Balaban J connectivity index is 2.02. The number of nitrogens with one attached hydrogen (secondary N) is 1. The molecule has 2 N–H and O–H groups in total. The zero-order valence-corrected chi connectivity index (χ0v) is 9.53. The summed E-state index contributed by atoms with van der Waals surface area (Å²) in [5, 5.41) is 11.4. The van der Waals surface area contributed by atoms with Crippen LogP contribution in [0.5, 0.6) is 0 Å². The van der Waals surface area contributed by atoms with E-state index in [4.69, 9.17) is 5.11 Å². The molecule has 1 amide bonds. The van der Waals surface area contributed by atoms with Gasteiger partial charge in [-0.05, 0) is 36.5 Å². The molecule has 1 heterocycles. The van der Waals surface area contributed by atoms with Crippen molar-refractivity contribution in [3.05, 3.63) is 29.3 Å². The van der Waals surface area contributed by atoms with Crippen molar-refractivity contribution in [2.45, 2.75) is 32.1 Å². The fraction of sp³-hybridized carbons (Fsp3) is 0.385. The van der Waals surface area contributed by atoms with Crippen molar-refractivity contribution in [2.75, 3.05) is 5.32 Å². The highest BCUT2D eigenvalue weighted by Gasteiger charge is 2.14. The molecule has 0 spiro atoms. The van der Waals surface area contributed by atoms with Crippen LogP contribution in [0.15, 0.2) is 18.2 Å². The predicted octanol–water partition coefficient (Wildman–Crippen LogP) is 1.98. The first-order chi connectivity index (χ1) is 8.15. The molecule has 1 aliphatic rings. The molecule has 0 aliphatic carbocycles. The fourth-order valence-corrected chi connectivity index (χ4v) is 2.02. The molecule has 0 radical (unpaired) electrons. The number of carboxylic acids is 1. The second-order valence-electron chi connectivity index (χ2n) is 4.29. The van der Waals surface area contributed by atoms with Crippen LogP contribution in [-0.2, 0) is 22.4 Å². The lowest BCUT2D eigenvalue weighted by atomic mass is 9.99. The molecular formula is C13H15NO3. The number of carbonyl (C=O) groups is 2. The highest BCUT2D eigenvalue weighted by molar-refractivity contribution is 5.93. The summed E-state index contributed by atoms with van der Waals surface area (Å²) in [5.41, 5.74) is 3.12. The topological polar surface area (TPSA) is 66.4 Å². The molecule has 1 aliphatic heterocycles. The van der Waals surface area contributed by atoms with Gasteiger partial charge in [0.25, 0.3) is 0 Å². The molecule has 0 unspecified atom stereocenters. The third-order valence-electron chi connectivity index (χ3n) is 2.93. The predicted molar refractivity (Wildman–Crippen MR) is 64.0 cm³/mol. The Morgan fingerprint density at radius 2 is 2.18 bits per heavy atom. The number of hydrogen-bond donors (Lipinski definition) is 2. The van der Waals surface area contributed by atoms with Gasteiger partial charge in [-0.15, -0.1) is 0 Å². The monoisotopic (exact) mass is 233 g/mol. The maximum Gasteiger partial charge on any atom is 0.303 e. The largest absolute Gasteiger partial charge is 0.481 e. The molecule has 0 atom stereocenters. The summed E-state index contributed by atoms with van der Waals surface area (Å²) in [6, 6.07) is 5.98. The summed E-state index contributed by atoms with van der Waals surface area (Å²) in [5.74, 6) is -0.712. The van der Waals surface area contributed by atoms with Crippen molar-refractivity contribution in [1.29, 1.82) is 0 Å². The van der Waals surface area contributed by atoms with Gasteiger partial charge >= 0.3 is 5.97 Å². The number of carboxylic acid groups (broad SMARTS) is 1. The minimum Gasteiger partial charge on any atom is -0.481 e. The smallest absolute Gasteiger partial charge is 0.303 e. The van der Waals surface area contributed by atoms with Crippen molar-refractivity contribution in [3.8, 4) is 0 Å². The average molecular weight is 233 g/mol. The highest BCUT2D eigenvalue weighted by Crippen LogP contribution is 2.24. The van der Waals surface area contributed by atoms with E-state index >= 15 is 0 Å². The van der Waals surface area contributed by atoms with Crippen molar-refractivity contribution >= 4 is 17.6 Å². The van der Waals surface area contributed by atoms with E-state index in [1.54, 1.807) is 0 Å². The number of aryl methyl sites for hydroxylation is 2. The summed E-state index contributed by atoms with van der Waals surface area (Å²) >= 11 is 0. The summed E-state index contributed by atoms with van der Waals surface area (Å²) in [6.07, 6.45) is 2.88. The first kappa shape index (κ1) is 11.6. The molecule has 1 aromatic rings. The van der Waals surface area contributed by atoms with Crippen LogP contribution in [0.2, 0.25) is 0 Å². The van der Waals surface area contributed by atoms with Crippen LogP contribution in [0.1, 0.15) is 30.4 Å². The van der Waals surface area contributed by atoms with E-state index in [-0.39, 0.29) is 12.3 Å². The number of amides is 1. The van der Waals surface area contributed by atoms with Crippen molar-refractivity contribution < 1.29 is 14.7 Å². The van der Waals surface area contributed by atoms with E-state index in [1.165, 1.54) is 0 Å². The van der Waals surface area contributed by atoms with Crippen LogP contribution in [-0.4, -0.2) is 17.0 Å². The Morgan fingerprint density at radius 1 is 1.35 bits per heavy atom. The van der Waals surface area contributed by atoms with E-state index in [0.717, 1.165) is 29.7 Å². The lowest BCUT2D eigenvalue weighted by Crippen LogP contribution is -2.19. The van der Waals surface area contributed by atoms with Gasteiger partial charge in [-0.3, -0.25) is 9.59 Å².